The Morgan fingerprint density at radius 2 is 0.614 bits per heavy atom. The summed E-state index contributed by atoms with van der Waals surface area (Å²) in [5, 5.41) is 4.94. The van der Waals surface area contributed by atoms with Crippen LogP contribution >= 0.6 is 0 Å². The minimum absolute atomic E-state index is 0.0639. The number of rotatable bonds is 10. The van der Waals surface area contributed by atoms with Gasteiger partial charge in [0.15, 0.2) is 0 Å². The third kappa shape index (κ3) is 10.6. The van der Waals surface area contributed by atoms with E-state index in [1.807, 2.05) is 0 Å². The number of hydrogen-bond acceptors (Lipinski definition) is 2. The van der Waals surface area contributed by atoms with Gasteiger partial charge in [-0.1, -0.05) is 347 Å². The first-order chi connectivity index (χ1) is 55.5. The number of para-hydroxylation sites is 3. The van der Waals surface area contributed by atoms with Crippen molar-refractivity contribution in [2.75, 3.05) is 9.80 Å². The van der Waals surface area contributed by atoms with Gasteiger partial charge in [0.2, 0.25) is 0 Å². The SMILES string of the molecule is CC(C)(C)c1cc2c3c(c1)N(c1c(-c4ccccc4)cccc1-c1ccccc1)c1cc(-n4c5ccccc5c5cc6c(cc54)C(c4ccccc4)(c4ccccc4)c4ccccc4-6)ccc1B3c1ccc(-n3c4ccc(C(C)(C)C)cc4c4cc(C(C)(C)C)ccc43)cc1N2c1c(-c2ccccc2)cccc1-c1ccccc1. The topological polar surface area (TPSA) is 16.3 Å². The summed E-state index contributed by atoms with van der Waals surface area (Å²) < 4.78 is 5.16. The lowest BCUT2D eigenvalue weighted by atomic mass is 9.33. The molecule has 4 nitrogen and oxygen atoms in total. The maximum absolute atomic E-state index is 2.72. The largest absolute Gasteiger partial charge is 0.310 e. The van der Waals surface area contributed by atoms with Gasteiger partial charge in [-0.2, -0.15) is 0 Å². The fourth-order valence-electron chi connectivity index (χ4n) is 19.5. The lowest BCUT2D eigenvalue weighted by molar-refractivity contribution is 0.590. The van der Waals surface area contributed by atoms with E-state index in [0.29, 0.717) is 0 Å². The molecule has 0 radical (unpaired) electrons. The molecule has 3 aliphatic rings. The van der Waals surface area contributed by atoms with Crippen LogP contribution in [-0.2, 0) is 21.7 Å². The van der Waals surface area contributed by atoms with Gasteiger partial charge in [0.05, 0.1) is 38.9 Å². The summed E-state index contributed by atoms with van der Waals surface area (Å²) in [5.41, 5.74) is 36.8. The van der Waals surface area contributed by atoms with Crippen molar-refractivity contribution in [3.8, 4) is 67.0 Å². The summed E-state index contributed by atoms with van der Waals surface area (Å²) in [4.78, 5) is 5.44. The van der Waals surface area contributed by atoms with E-state index in [4.69, 9.17) is 0 Å². The molecule has 5 heteroatoms. The molecule has 0 N–H and O–H groups in total. The summed E-state index contributed by atoms with van der Waals surface area (Å²) in [6.07, 6.45) is 0. The zero-order valence-electron chi connectivity index (χ0n) is 66.0. The molecule has 0 bridgehead atoms. The van der Waals surface area contributed by atoms with E-state index in [-0.39, 0.29) is 23.0 Å². The number of aromatic nitrogens is 2. The second-order valence-corrected chi connectivity index (χ2v) is 34.7. The monoisotopic (exact) mass is 1460 g/mol. The van der Waals surface area contributed by atoms with Crippen LogP contribution in [0.5, 0.6) is 0 Å². The van der Waals surface area contributed by atoms with E-state index < -0.39 is 5.41 Å². The van der Waals surface area contributed by atoms with Crippen LogP contribution in [0.4, 0.5) is 34.1 Å². The first-order valence-corrected chi connectivity index (χ1v) is 40.4. The van der Waals surface area contributed by atoms with Gasteiger partial charge in [-0.3, -0.25) is 0 Å². The van der Waals surface area contributed by atoms with Gasteiger partial charge < -0.3 is 18.9 Å². The standard InChI is InChI=1S/C109H87BN4/c1-106(2,3)76-54-60-96-88(62-76)89-63-77(107(4,5)6)55-61-97(89)111(96)79-56-58-93-99(66-79)113(104-81(70-34-16-10-17-35-70)48-32-49-82(104)71-36-18-11-19-37-71)101-64-78(108(7,8)9)65-102-103(101)110(93)94-59-57-80(67-100(94)114(102)105-83(72-38-20-12-21-39-72)50-33-51-84(105)73-40-22-13-23-41-73)112-95-53-31-29-47-86(95)90-68-87-85-46-28-30-52-91(85)109(92(87)69-98(90)112,74-42-24-14-25-43-74)75-44-26-15-27-45-75/h10-69H,1-9H3. The van der Waals surface area contributed by atoms with Crippen LogP contribution in [0.3, 0.4) is 0 Å². The average Bonchev–Trinajstić information content (AvgIpc) is 1.33. The number of benzene rings is 16. The molecular formula is C109H87BN4. The maximum atomic E-state index is 2.72. The second kappa shape index (κ2) is 25.9. The fraction of sp³-hybridized carbons (Fsp3) is 0.119. The van der Waals surface area contributed by atoms with Gasteiger partial charge in [0.1, 0.15) is 0 Å². The van der Waals surface area contributed by atoms with E-state index in [1.54, 1.807) is 0 Å². The molecule has 18 aromatic rings. The molecule has 2 aromatic heterocycles. The first-order valence-electron chi connectivity index (χ1n) is 40.4. The molecule has 0 fully saturated rings. The molecule has 114 heavy (non-hydrogen) atoms. The Bertz CT molecular complexity index is 6670. The predicted molar refractivity (Wildman–Crippen MR) is 484 cm³/mol. The molecular weight excluding hydrogens is 1380 g/mol. The summed E-state index contributed by atoms with van der Waals surface area (Å²) in [5.74, 6) is 0. The lowest BCUT2D eigenvalue weighted by Crippen LogP contribution is -2.61. The Labute approximate surface area is 669 Å². The number of nitrogens with zero attached hydrogens (tertiary/aromatic N) is 4. The minimum Gasteiger partial charge on any atom is -0.310 e. The van der Waals surface area contributed by atoms with Crippen molar-refractivity contribution in [3.05, 3.63) is 403 Å². The summed E-state index contributed by atoms with van der Waals surface area (Å²) in [7, 11) is 0. The zero-order chi connectivity index (χ0) is 77.1. The van der Waals surface area contributed by atoms with Crippen molar-refractivity contribution in [2.24, 2.45) is 0 Å². The maximum Gasteiger partial charge on any atom is 0.252 e. The van der Waals surface area contributed by atoms with Gasteiger partial charge in [0.25, 0.3) is 6.71 Å². The average molecular weight is 1460 g/mol. The van der Waals surface area contributed by atoms with Crippen molar-refractivity contribution in [3.63, 3.8) is 0 Å². The Kier molecular flexibility index (Phi) is 15.6. The number of hydrogen-bond donors (Lipinski definition) is 0. The summed E-state index contributed by atoms with van der Waals surface area (Å²) in [6, 6.07) is 139. The fourth-order valence-corrected chi connectivity index (χ4v) is 19.5. The molecule has 16 aromatic carbocycles. The van der Waals surface area contributed by atoms with Crippen LogP contribution in [0.25, 0.3) is 111 Å². The van der Waals surface area contributed by atoms with Crippen molar-refractivity contribution in [1.82, 2.24) is 9.13 Å². The third-order valence-electron chi connectivity index (χ3n) is 25.0. The third-order valence-corrected chi connectivity index (χ3v) is 25.0. The van der Waals surface area contributed by atoms with Gasteiger partial charge in [-0.05, 0) is 184 Å². The Morgan fingerprint density at radius 3 is 1.05 bits per heavy atom. The van der Waals surface area contributed by atoms with Crippen LogP contribution < -0.4 is 26.2 Å². The predicted octanol–water partition coefficient (Wildman–Crippen LogP) is 26.9. The molecule has 0 atom stereocenters. The van der Waals surface area contributed by atoms with Crippen LogP contribution in [-0.4, -0.2) is 15.8 Å². The highest BCUT2D eigenvalue weighted by Crippen LogP contribution is 2.59. The van der Waals surface area contributed by atoms with E-state index in [2.05, 4.69) is 445 Å². The van der Waals surface area contributed by atoms with E-state index in [1.165, 1.54) is 99.0 Å². The van der Waals surface area contributed by atoms with E-state index in [9.17, 15) is 0 Å². The molecule has 0 spiro atoms. The van der Waals surface area contributed by atoms with Crippen LogP contribution in [0.15, 0.2) is 364 Å². The van der Waals surface area contributed by atoms with E-state index >= 15 is 0 Å². The molecule has 546 valence electrons. The van der Waals surface area contributed by atoms with Crippen molar-refractivity contribution < 1.29 is 0 Å². The molecule has 4 heterocycles. The zero-order valence-corrected chi connectivity index (χ0v) is 66.0. The van der Waals surface area contributed by atoms with Crippen molar-refractivity contribution in [1.29, 1.82) is 0 Å². The molecule has 21 rings (SSSR count). The molecule has 0 unspecified atom stereocenters. The highest BCUT2D eigenvalue weighted by Gasteiger charge is 2.49. The second-order valence-electron chi connectivity index (χ2n) is 34.7. The van der Waals surface area contributed by atoms with Crippen LogP contribution in [0, 0.1) is 0 Å². The Balaban J connectivity index is 0.907. The first kappa shape index (κ1) is 68.8. The number of fused-ring (bicyclic) bond motifs is 13. The summed E-state index contributed by atoms with van der Waals surface area (Å²) in [6.45, 7) is 20.9. The molecule has 0 saturated heterocycles. The quantitative estimate of drug-likeness (QED) is 0.127. The highest BCUT2D eigenvalue weighted by atomic mass is 15.2. The molecule has 0 saturated carbocycles. The smallest absolute Gasteiger partial charge is 0.252 e. The minimum atomic E-state index is -0.615. The van der Waals surface area contributed by atoms with Crippen molar-refractivity contribution in [2.45, 2.75) is 84.0 Å². The van der Waals surface area contributed by atoms with E-state index in [0.717, 1.165) is 101 Å². The lowest BCUT2D eigenvalue weighted by Gasteiger charge is -2.46. The van der Waals surface area contributed by atoms with Crippen LogP contribution in [0.1, 0.15) is 101 Å². The van der Waals surface area contributed by atoms with Crippen LogP contribution in [0.2, 0.25) is 0 Å². The van der Waals surface area contributed by atoms with Gasteiger partial charge in [-0.25, -0.2) is 0 Å². The van der Waals surface area contributed by atoms with Crippen molar-refractivity contribution >= 4 is 101 Å². The Morgan fingerprint density at radius 1 is 0.246 bits per heavy atom. The number of anilines is 6. The van der Waals surface area contributed by atoms with Gasteiger partial charge in [0, 0.05) is 77.9 Å². The highest BCUT2D eigenvalue weighted by molar-refractivity contribution is 7.00. The molecule has 0 amide bonds. The molecule has 1 aliphatic carbocycles. The Hall–Kier alpha value is -13.2. The van der Waals surface area contributed by atoms with Gasteiger partial charge >= 0.3 is 0 Å². The molecule has 2 aliphatic heterocycles. The summed E-state index contributed by atoms with van der Waals surface area (Å²) >= 11 is 0. The normalized spacial score (nSPS) is 13.5. The van der Waals surface area contributed by atoms with Gasteiger partial charge in [-0.15, -0.1) is 0 Å².